The minimum atomic E-state index is -2.64. The van der Waals surface area contributed by atoms with E-state index in [1.54, 1.807) is 0 Å². The second kappa shape index (κ2) is 7.50. The molecule has 0 radical (unpaired) electrons. The molecule has 1 N–H and O–H groups in total. The van der Waals surface area contributed by atoms with Crippen molar-refractivity contribution >= 4 is 34.1 Å². The average Bonchev–Trinajstić information content (AvgIpc) is 3.04. The van der Waals surface area contributed by atoms with E-state index < -0.39 is 11.7 Å². The van der Waals surface area contributed by atoms with Gasteiger partial charge in [-0.05, 0) is 23.9 Å². The first-order chi connectivity index (χ1) is 11.6. The summed E-state index contributed by atoms with van der Waals surface area (Å²) >= 11 is 1.51. The number of anilines is 1. The first kappa shape index (κ1) is 16.5. The highest BCUT2D eigenvalue weighted by Crippen LogP contribution is 2.28. The van der Waals surface area contributed by atoms with E-state index in [2.05, 4.69) is 15.3 Å². The number of pyridine rings is 1. The third kappa shape index (κ3) is 3.95. The Morgan fingerprint density at radius 2 is 1.96 bits per heavy atom. The molecular weight excluding hydrogens is 352 g/mol. The number of halogens is 2. The van der Waals surface area contributed by atoms with Crippen LogP contribution in [0.25, 0.3) is 11.3 Å². The van der Waals surface area contributed by atoms with Gasteiger partial charge in [0.1, 0.15) is 5.03 Å². The smallest absolute Gasteiger partial charge is 0.290 e. The highest BCUT2D eigenvalue weighted by Gasteiger charge is 2.17. The first-order valence-electron chi connectivity index (χ1n) is 6.85. The molecule has 8 heteroatoms. The lowest BCUT2D eigenvalue weighted by Gasteiger charge is -2.06. The molecular formula is C16H11F2N3OS2. The summed E-state index contributed by atoms with van der Waals surface area (Å²) in [4.78, 5) is 20.5. The number of benzene rings is 1. The van der Waals surface area contributed by atoms with Crippen molar-refractivity contribution in [1.82, 2.24) is 9.97 Å². The predicted octanol–water partition coefficient (Wildman–Crippen LogP) is 4.77. The molecule has 0 aliphatic carbocycles. The van der Waals surface area contributed by atoms with Crippen molar-refractivity contribution in [2.24, 2.45) is 0 Å². The molecule has 3 rings (SSSR count). The summed E-state index contributed by atoms with van der Waals surface area (Å²) in [5.41, 5.74) is 1.77. The fraction of sp³-hybridized carbons (Fsp3) is 0.0625. The summed E-state index contributed by atoms with van der Waals surface area (Å²) in [6, 6.07) is 12.5. The van der Waals surface area contributed by atoms with Gasteiger partial charge in [0.25, 0.3) is 11.7 Å². The number of thiazole rings is 1. The molecule has 1 aromatic carbocycles. The fourth-order valence-electron chi connectivity index (χ4n) is 1.98. The maximum atomic E-state index is 12.6. The molecule has 0 saturated heterocycles. The Morgan fingerprint density at radius 3 is 2.71 bits per heavy atom. The quantitative estimate of drug-likeness (QED) is 0.663. The number of carbonyl (C=O) groups is 1. The lowest BCUT2D eigenvalue weighted by atomic mass is 10.2. The Kier molecular flexibility index (Phi) is 5.17. The number of rotatable bonds is 5. The summed E-state index contributed by atoms with van der Waals surface area (Å²) in [5.74, 6) is -3.16. The number of alkyl halides is 2. The zero-order chi connectivity index (χ0) is 16.9. The molecule has 2 heterocycles. The van der Waals surface area contributed by atoms with Crippen LogP contribution in [-0.2, 0) is 0 Å². The van der Waals surface area contributed by atoms with E-state index in [0.717, 1.165) is 11.3 Å². The molecule has 2 aromatic heterocycles. The highest BCUT2D eigenvalue weighted by atomic mass is 32.2. The van der Waals surface area contributed by atoms with E-state index in [-0.39, 0.29) is 22.4 Å². The standard InChI is InChI=1S/C16H11F2N3OS2/c17-15(18)24-14-11(7-4-8-19-14)13(22)21-16-20-12(9-23-16)10-5-2-1-3-6-10/h1-9,15H,(H,20,21,22). The molecule has 1 amide bonds. The number of hydrogen-bond donors (Lipinski definition) is 1. The molecule has 0 unspecified atom stereocenters. The fourth-order valence-corrected chi connectivity index (χ4v) is 3.27. The van der Waals surface area contributed by atoms with Crippen LogP contribution in [0, 0.1) is 0 Å². The van der Waals surface area contributed by atoms with Crippen molar-refractivity contribution < 1.29 is 13.6 Å². The van der Waals surface area contributed by atoms with Crippen molar-refractivity contribution in [3.8, 4) is 11.3 Å². The van der Waals surface area contributed by atoms with Gasteiger partial charge in [0, 0.05) is 17.1 Å². The van der Waals surface area contributed by atoms with Crippen molar-refractivity contribution in [3.05, 3.63) is 59.6 Å². The van der Waals surface area contributed by atoms with Gasteiger partial charge in [0.05, 0.1) is 11.3 Å². The summed E-state index contributed by atoms with van der Waals surface area (Å²) in [5, 5.41) is 4.84. The van der Waals surface area contributed by atoms with Crippen LogP contribution in [0.2, 0.25) is 0 Å². The molecule has 4 nitrogen and oxygen atoms in total. The van der Waals surface area contributed by atoms with Gasteiger partial charge in [0.15, 0.2) is 5.13 Å². The van der Waals surface area contributed by atoms with E-state index in [9.17, 15) is 13.6 Å². The van der Waals surface area contributed by atoms with Gasteiger partial charge in [-0.3, -0.25) is 10.1 Å². The third-order valence-electron chi connectivity index (χ3n) is 3.01. The molecule has 122 valence electrons. The Morgan fingerprint density at radius 1 is 1.17 bits per heavy atom. The van der Waals surface area contributed by atoms with Crippen LogP contribution >= 0.6 is 23.1 Å². The van der Waals surface area contributed by atoms with Crippen LogP contribution in [0.15, 0.2) is 59.1 Å². The van der Waals surface area contributed by atoms with Gasteiger partial charge in [-0.15, -0.1) is 11.3 Å². The van der Waals surface area contributed by atoms with Crippen molar-refractivity contribution in [3.63, 3.8) is 0 Å². The van der Waals surface area contributed by atoms with Gasteiger partial charge >= 0.3 is 0 Å². The molecule has 0 aliphatic heterocycles. The van der Waals surface area contributed by atoms with E-state index in [0.29, 0.717) is 5.13 Å². The minimum absolute atomic E-state index is 0.00941. The molecule has 0 bridgehead atoms. The van der Waals surface area contributed by atoms with Gasteiger partial charge < -0.3 is 0 Å². The van der Waals surface area contributed by atoms with Crippen molar-refractivity contribution in [1.29, 1.82) is 0 Å². The van der Waals surface area contributed by atoms with E-state index in [1.165, 1.54) is 29.7 Å². The Balaban J connectivity index is 1.78. The van der Waals surface area contributed by atoms with Crippen molar-refractivity contribution in [2.45, 2.75) is 10.8 Å². The van der Waals surface area contributed by atoms with Crippen LogP contribution < -0.4 is 5.32 Å². The third-order valence-corrected chi connectivity index (χ3v) is 4.50. The average molecular weight is 363 g/mol. The maximum Gasteiger partial charge on any atom is 0.290 e. The Labute approximate surface area is 145 Å². The monoisotopic (exact) mass is 363 g/mol. The Bertz CT molecular complexity index is 840. The largest absolute Gasteiger partial charge is 0.298 e. The number of aromatic nitrogens is 2. The van der Waals surface area contributed by atoms with Gasteiger partial charge in [0.2, 0.25) is 0 Å². The van der Waals surface area contributed by atoms with Crippen LogP contribution in [0.1, 0.15) is 10.4 Å². The first-order valence-corrected chi connectivity index (χ1v) is 8.61. The molecule has 0 aliphatic rings. The van der Waals surface area contributed by atoms with Crippen LogP contribution in [-0.4, -0.2) is 21.6 Å². The van der Waals surface area contributed by atoms with E-state index >= 15 is 0 Å². The summed E-state index contributed by atoms with van der Waals surface area (Å²) in [6.45, 7) is 0. The number of nitrogens with zero attached hydrogens (tertiary/aromatic N) is 2. The molecule has 3 aromatic rings. The zero-order valence-corrected chi connectivity index (χ0v) is 13.8. The van der Waals surface area contributed by atoms with Gasteiger partial charge in [-0.1, -0.05) is 30.3 Å². The zero-order valence-electron chi connectivity index (χ0n) is 12.1. The summed E-state index contributed by atoms with van der Waals surface area (Å²) in [7, 11) is 0. The molecule has 0 fully saturated rings. The van der Waals surface area contributed by atoms with Crippen LogP contribution in [0.5, 0.6) is 0 Å². The number of hydrogen-bond acceptors (Lipinski definition) is 5. The molecule has 24 heavy (non-hydrogen) atoms. The van der Waals surface area contributed by atoms with Crippen molar-refractivity contribution in [2.75, 3.05) is 5.32 Å². The predicted molar refractivity (Wildman–Crippen MR) is 91.6 cm³/mol. The summed E-state index contributed by atoms with van der Waals surface area (Å²) in [6.07, 6.45) is 1.37. The topological polar surface area (TPSA) is 54.9 Å². The normalized spacial score (nSPS) is 10.8. The van der Waals surface area contributed by atoms with Crippen LogP contribution in [0.4, 0.5) is 13.9 Å². The Hall–Kier alpha value is -2.32. The number of nitrogens with one attached hydrogen (secondary N) is 1. The lowest BCUT2D eigenvalue weighted by molar-refractivity contribution is 0.102. The highest BCUT2D eigenvalue weighted by molar-refractivity contribution is 7.99. The number of amides is 1. The molecule has 0 spiro atoms. The van der Waals surface area contributed by atoms with Gasteiger partial charge in [-0.2, -0.15) is 8.78 Å². The van der Waals surface area contributed by atoms with E-state index in [1.807, 2.05) is 35.7 Å². The molecule has 0 atom stereocenters. The van der Waals surface area contributed by atoms with Crippen LogP contribution in [0.3, 0.4) is 0 Å². The second-order valence-corrected chi connectivity index (χ2v) is 6.43. The lowest BCUT2D eigenvalue weighted by Crippen LogP contribution is -2.13. The summed E-state index contributed by atoms with van der Waals surface area (Å²) < 4.78 is 25.1. The SMILES string of the molecule is O=C(Nc1nc(-c2ccccc2)cs1)c1cccnc1SC(F)F. The number of carbonyl (C=O) groups excluding carboxylic acids is 1. The maximum absolute atomic E-state index is 12.6. The van der Waals surface area contributed by atoms with E-state index in [4.69, 9.17) is 0 Å². The minimum Gasteiger partial charge on any atom is -0.298 e. The second-order valence-electron chi connectivity index (χ2n) is 4.59. The molecule has 0 saturated carbocycles. The number of thioether (sulfide) groups is 1. The van der Waals surface area contributed by atoms with Gasteiger partial charge in [-0.25, -0.2) is 9.97 Å².